The molecule has 3 heteroatoms. The zero-order chi connectivity index (χ0) is 15.6. The standard InChI is InChI=1S/C20H21ClN2/c21-17-10-11-18-19(13-17)23-20(22-18)12-14-6-8-16(9-7-14)15-4-2-1-3-5-15/h1-5,10-11,13-14,16H,6-9,12H2,(H,22,23)/t14-,16-. The van der Waals surface area contributed by atoms with E-state index in [1.807, 2.05) is 18.2 Å². The minimum atomic E-state index is 0.738. The predicted molar refractivity (Wildman–Crippen MR) is 95.9 cm³/mol. The van der Waals surface area contributed by atoms with Gasteiger partial charge >= 0.3 is 0 Å². The number of aromatic amines is 1. The number of nitrogens with zero attached hydrogens (tertiary/aromatic N) is 1. The van der Waals surface area contributed by atoms with Gasteiger partial charge in [-0.3, -0.25) is 0 Å². The minimum absolute atomic E-state index is 0.738. The molecular weight excluding hydrogens is 304 g/mol. The average molecular weight is 325 g/mol. The number of hydrogen-bond donors (Lipinski definition) is 1. The monoisotopic (exact) mass is 324 g/mol. The van der Waals surface area contributed by atoms with Crippen LogP contribution in [-0.4, -0.2) is 9.97 Å². The molecule has 0 atom stereocenters. The van der Waals surface area contributed by atoms with Crippen molar-refractivity contribution in [2.24, 2.45) is 5.92 Å². The van der Waals surface area contributed by atoms with Gasteiger partial charge in [-0.15, -0.1) is 0 Å². The summed E-state index contributed by atoms with van der Waals surface area (Å²) in [5.41, 5.74) is 3.57. The molecule has 0 amide bonds. The molecule has 0 radical (unpaired) electrons. The number of benzene rings is 2. The van der Waals surface area contributed by atoms with Crippen molar-refractivity contribution < 1.29 is 0 Å². The van der Waals surface area contributed by atoms with Gasteiger partial charge in [0.05, 0.1) is 11.0 Å². The first-order chi connectivity index (χ1) is 11.3. The van der Waals surface area contributed by atoms with E-state index in [0.29, 0.717) is 0 Å². The fourth-order valence-electron chi connectivity index (χ4n) is 3.83. The molecule has 0 saturated heterocycles. The van der Waals surface area contributed by atoms with Crippen LogP contribution in [0.4, 0.5) is 0 Å². The Morgan fingerprint density at radius 2 is 1.78 bits per heavy atom. The largest absolute Gasteiger partial charge is 0.342 e. The van der Waals surface area contributed by atoms with Gasteiger partial charge in [0.2, 0.25) is 0 Å². The van der Waals surface area contributed by atoms with E-state index in [2.05, 4.69) is 35.3 Å². The molecule has 118 valence electrons. The van der Waals surface area contributed by atoms with Crippen molar-refractivity contribution in [2.45, 2.75) is 38.0 Å². The number of H-pyrrole nitrogens is 1. The fraction of sp³-hybridized carbons (Fsp3) is 0.350. The second-order valence-corrected chi connectivity index (χ2v) is 7.11. The first kappa shape index (κ1) is 14.8. The Hall–Kier alpha value is -1.80. The van der Waals surface area contributed by atoms with E-state index in [4.69, 9.17) is 16.6 Å². The molecule has 0 spiro atoms. The Morgan fingerprint density at radius 3 is 2.57 bits per heavy atom. The summed E-state index contributed by atoms with van der Waals surface area (Å²) in [4.78, 5) is 8.15. The summed E-state index contributed by atoms with van der Waals surface area (Å²) in [5, 5.41) is 0.749. The van der Waals surface area contributed by atoms with Crippen LogP contribution in [0.2, 0.25) is 5.02 Å². The SMILES string of the molecule is Clc1ccc2[nH]c(C[C@H]3CC[C@H](c4ccccc4)CC3)nc2c1. The van der Waals surface area contributed by atoms with Gasteiger partial charge in [-0.25, -0.2) is 4.98 Å². The Labute approximate surface area is 141 Å². The van der Waals surface area contributed by atoms with Crippen LogP contribution in [0.5, 0.6) is 0 Å². The van der Waals surface area contributed by atoms with Crippen LogP contribution < -0.4 is 0 Å². The maximum absolute atomic E-state index is 6.04. The van der Waals surface area contributed by atoms with E-state index >= 15 is 0 Å². The molecule has 4 rings (SSSR count). The highest BCUT2D eigenvalue weighted by Crippen LogP contribution is 2.36. The minimum Gasteiger partial charge on any atom is -0.342 e. The van der Waals surface area contributed by atoms with E-state index in [1.54, 1.807) is 0 Å². The summed E-state index contributed by atoms with van der Waals surface area (Å²) in [6.07, 6.45) is 6.21. The van der Waals surface area contributed by atoms with Crippen molar-refractivity contribution in [1.82, 2.24) is 9.97 Å². The highest BCUT2D eigenvalue weighted by Gasteiger charge is 2.23. The first-order valence-electron chi connectivity index (χ1n) is 8.47. The highest BCUT2D eigenvalue weighted by atomic mass is 35.5. The normalized spacial score (nSPS) is 21.6. The summed E-state index contributed by atoms with van der Waals surface area (Å²) in [5.74, 6) is 2.58. The van der Waals surface area contributed by atoms with Gasteiger partial charge in [0.1, 0.15) is 5.82 Å². The molecule has 2 nitrogen and oxygen atoms in total. The maximum Gasteiger partial charge on any atom is 0.107 e. The number of halogens is 1. The third-order valence-corrected chi connectivity index (χ3v) is 5.33. The van der Waals surface area contributed by atoms with Crippen LogP contribution in [-0.2, 0) is 6.42 Å². The van der Waals surface area contributed by atoms with Gasteiger partial charge in [-0.1, -0.05) is 41.9 Å². The van der Waals surface area contributed by atoms with Crippen molar-refractivity contribution in [3.05, 3.63) is 64.9 Å². The number of aromatic nitrogens is 2. The molecule has 1 heterocycles. The lowest BCUT2D eigenvalue weighted by molar-refractivity contribution is 0.321. The number of hydrogen-bond acceptors (Lipinski definition) is 1. The van der Waals surface area contributed by atoms with Crippen LogP contribution in [0.1, 0.15) is 43.0 Å². The Kier molecular flexibility index (Phi) is 4.09. The number of nitrogens with one attached hydrogen (secondary N) is 1. The Balaban J connectivity index is 1.40. The molecule has 1 fully saturated rings. The molecule has 0 bridgehead atoms. The lowest BCUT2D eigenvalue weighted by Gasteiger charge is -2.28. The summed E-state index contributed by atoms with van der Waals surface area (Å²) < 4.78 is 0. The van der Waals surface area contributed by atoms with Crippen molar-refractivity contribution in [2.75, 3.05) is 0 Å². The maximum atomic E-state index is 6.04. The van der Waals surface area contributed by atoms with Crippen LogP contribution in [0.15, 0.2) is 48.5 Å². The highest BCUT2D eigenvalue weighted by molar-refractivity contribution is 6.31. The van der Waals surface area contributed by atoms with Crippen LogP contribution >= 0.6 is 11.6 Å². The van der Waals surface area contributed by atoms with E-state index in [0.717, 1.165) is 40.1 Å². The average Bonchev–Trinajstić information content (AvgIpc) is 2.97. The van der Waals surface area contributed by atoms with Crippen molar-refractivity contribution in [1.29, 1.82) is 0 Å². The fourth-order valence-corrected chi connectivity index (χ4v) is 3.99. The van der Waals surface area contributed by atoms with Crippen molar-refractivity contribution in [3.63, 3.8) is 0 Å². The summed E-state index contributed by atoms with van der Waals surface area (Å²) in [6.45, 7) is 0. The molecule has 1 aliphatic carbocycles. The van der Waals surface area contributed by atoms with Crippen molar-refractivity contribution in [3.8, 4) is 0 Å². The number of fused-ring (bicyclic) bond motifs is 1. The van der Waals surface area contributed by atoms with Crippen LogP contribution in [0.25, 0.3) is 11.0 Å². The van der Waals surface area contributed by atoms with Gasteiger partial charge in [-0.05, 0) is 61.3 Å². The second kappa shape index (κ2) is 6.37. The molecule has 0 aliphatic heterocycles. The summed E-state index contributed by atoms with van der Waals surface area (Å²) in [7, 11) is 0. The molecule has 23 heavy (non-hydrogen) atoms. The molecular formula is C20H21ClN2. The van der Waals surface area contributed by atoms with E-state index < -0.39 is 0 Å². The molecule has 0 unspecified atom stereocenters. The molecule has 1 saturated carbocycles. The third-order valence-electron chi connectivity index (χ3n) is 5.09. The Morgan fingerprint density at radius 1 is 1.00 bits per heavy atom. The second-order valence-electron chi connectivity index (χ2n) is 6.68. The molecule has 3 aromatic rings. The third kappa shape index (κ3) is 3.28. The van der Waals surface area contributed by atoms with Crippen molar-refractivity contribution >= 4 is 22.6 Å². The summed E-state index contributed by atoms with van der Waals surface area (Å²) in [6, 6.07) is 16.8. The molecule has 1 N–H and O–H groups in total. The molecule has 1 aromatic heterocycles. The quantitative estimate of drug-likeness (QED) is 0.654. The first-order valence-corrected chi connectivity index (χ1v) is 8.85. The smallest absolute Gasteiger partial charge is 0.107 e. The van der Waals surface area contributed by atoms with E-state index in [9.17, 15) is 0 Å². The van der Waals surface area contributed by atoms with Gasteiger partial charge in [0, 0.05) is 11.4 Å². The number of rotatable bonds is 3. The number of imidazole rings is 1. The van der Waals surface area contributed by atoms with Crippen LogP contribution in [0.3, 0.4) is 0 Å². The predicted octanol–water partition coefficient (Wildman–Crippen LogP) is 5.73. The Bertz CT molecular complexity index is 786. The van der Waals surface area contributed by atoms with Gasteiger partial charge in [-0.2, -0.15) is 0 Å². The summed E-state index contributed by atoms with van der Waals surface area (Å²) >= 11 is 6.04. The lowest BCUT2D eigenvalue weighted by Crippen LogP contribution is -2.15. The zero-order valence-corrected chi connectivity index (χ0v) is 13.9. The zero-order valence-electron chi connectivity index (χ0n) is 13.1. The lowest BCUT2D eigenvalue weighted by atomic mass is 9.77. The van der Waals surface area contributed by atoms with E-state index in [1.165, 1.54) is 31.2 Å². The molecule has 1 aliphatic rings. The van der Waals surface area contributed by atoms with E-state index in [-0.39, 0.29) is 0 Å². The van der Waals surface area contributed by atoms with Gasteiger partial charge in [0.15, 0.2) is 0 Å². The van der Waals surface area contributed by atoms with Crippen LogP contribution in [0, 0.1) is 5.92 Å². The van der Waals surface area contributed by atoms with Gasteiger partial charge in [0.25, 0.3) is 0 Å². The topological polar surface area (TPSA) is 28.7 Å². The van der Waals surface area contributed by atoms with Gasteiger partial charge < -0.3 is 4.98 Å². The molecule has 2 aromatic carbocycles.